The summed E-state index contributed by atoms with van der Waals surface area (Å²) in [5.41, 5.74) is 4.99. The molecule has 1 aliphatic carbocycles. The molecule has 3 aromatic rings. The zero-order chi connectivity index (χ0) is 21.9. The lowest BCUT2D eigenvalue weighted by Gasteiger charge is -2.32. The van der Waals surface area contributed by atoms with Gasteiger partial charge in [-0.1, -0.05) is 17.3 Å². The molecule has 5 nitrogen and oxygen atoms in total. The van der Waals surface area contributed by atoms with E-state index >= 15 is 0 Å². The van der Waals surface area contributed by atoms with Crippen LogP contribution in [0.4, 0.5) is 0 Å². The molecule has 2 heterocycles. The monoisotopic (exact) mass is 429 g/mol. The van der Waals surface area contributed by atoms with Crippen molar-refractivity contribution >= 4 is 11.0 Å². The van der Waals surface area contributed by atoms with Crippen LogP contribution in [0.15, 0.2) is 40.9 Å². The third kappa shape index (κ3) is 4.81. The highest BCUT2D eigenvalue weighted by Gasteiger charge is 2.23. The van der Waals surface area contributed by atoms with E-state index in [1.807, 2.05) is 18.2 Å². The predicted octanol–water partition coefficient (Wildman–Crippen LogP) is 5.64. The Bertz CT molecular complexity index is 1120. The third-order valence-electron chi connectivity index (χ3n) is 7.04. The maximum atomic E-state index is 9.10. The number of ether oxygens (including phenoxy) is 1. The zero-order valence-electron chi connectivity index (χ0n) is 18.8. The van der Waals surface area contributed by atoms with Crippen LogP contribution in [0.1, 0.15) is 54.5 Å². The molecule has 1 saturated heterocycles. The lowest BCUT2D eigenvalue weighted by molar-refractivity contribution is 0.172. The van der Waals surface area contributed by atoms with Crippen LogP contribution in [0.5, 0.6) is 5.75 Å². The lowest BCUT2D eigenvalue weighted by atomic mass is 9.91. The van der Waals surface area contributed by atoms with E-state index in [0.717, 1.165) is 84.5 Å². The van der Waals surface area contributed by atoms with Crippen LogP contribution in [0.3, 0.4) is 0 Å². The first kappa shape index (κ1) is 21.0. The number of fused-ring (bicyclic) bond motifs is 1. The molecule has 166 valence electrons. The second kappa shape index (κ2) is 9.34. The Balaban J connectivity index is 1.13. The number of hydrogen-bond acceptors (Lipinski definition) is 5. The molecule has 5 rings (SSSR count). The number of aromatic nitrogens is 1. The minimum Gasteiger partial charge on any atom is -0.493 e. The number of rotatable bonds is 8. The SMILES string of the molecule is Cc1c(OCC2CC2)ccc2c(CCC3CCN(Cc4cccc(C#N)c4)CC3)noc12. The van der Waals surface area contributed by atoms with Crippen molar-refractivity contribution in [3.63, 3.8) is 0 Å². The third-order valence-corrected chi connectivity index (χ3v) is 7.04. The molecule has 0 bridgehead atoms. The van der Waals surface area contributed by atoms with Gasteiger partial charge in [-0.2, -0.15) is 5.26 Å². The fourth-order valence-corrected chi connectivity index (χ4v) is 4.77. The Kier molecular flexibility index (Phi) is 6.14. The molecule has 32 heavy (non-hydrogen) atoms. The van der Waals surface area contributed by atoms with Gasteiger partial charge in [-0.05, 0) is 100 Å². The van der Waals surface area contributed by atoms with Crippen molar-refractivity contribution in [2.24, 2.45) is 11.8 Å². The maximum Gasteiger partial charge on any atom is 0.173 e. The molecule has 1 aliphatic heterocycles. The molecule has 1 saturated carbocycles. The molecule has 2 fully saturated rings. The first-order valence-electron chi connectivity index (χ1n) is 11.9. The molecule has 0 amide bonds. The quantitative estimate of drug-likeness (QED) is 0.464. The number of benzene rings is 2. The van der Waals surface area contributed by atoms with Gasteiger partial charge in [-0.3, -0.25) is 4.90 Å². The fourth-order valence-electron chi connectivity index (χ4n) is 4.77. The van der Waals surface area contributed by atoms with Gasteiger partial charge < -0.3 is 9.26 Å². The highest BCUT2D eigenvalue weighted by molar-refractivity contribution is 5.84. The van der Waals surface area contributed by atoms with E-state index in [0.29, 0.717) is 0 Å². The predicted molar refractivity (Wildman–Crippen MR) is 124 cm³/mol. The van der Waals surface area contributed by atoms with Crippen LogP contribution in [0, 0.1) is 30.1 Å². The minimum atomic E-state index is 0.727. The van der Waals surface area contributed by atoms with Crippen LogP contribution >= 0.6 is 0 Å². The number of nitrogens with zero attached hydrogens (tertiary/aromatic N) is 3. The summed E-state index contributed by atoms with van der Waals surface area (Å²) in [6, 6.07) is 14.4. The lowest BCUT2D eigenvalue weighted by Crippen LogP contribution is -2.33. The smallest absolute Gasteiger partial charge is 0.173 e. The molecule has 2 aliphatic rings. The first-order chi connectivity index (χ1) is 15.7. The standard InChI is InChI=1S/C27H31N3O2/c1-19-26(31-18-21-5-6-21)10-8-24-25(29-32-27(19)24)9-7-20-11-13-30(14-12-20)17-23-4-2-3-22(15-23)16-28/h2-4,8,10,15,20-21H,5-7,9,11-14,17-18H2,1H3. The van der Waals surface area contributed by atoms with Crippen molar-refractivity contribution in [2.75, 3.05) is 19.7 Å². The molecule has 0 radical (unpaired) electrons. The summed E-state index contributed by atoms with van der Waals surface area (Å²) in [4.78, 5) is 2.50. The zero-order valence-corrected chi connectivity index (χ0v) is 18.8. The van der Waals surface area contributed by atoms with Crippen molar-refractivity contribution in [2.45, 2.75) is 52.0 Å². The van der Waals surface area contributed by atoms with Crippen LogP contribution in [0.2, 0.25) is 0 Å². The van der Waals surface area contributed by atoms with Gasteiger partial charge in [-0.25, -0.2) is 0 Å². The van der Waals surface area contributed by atoms with E-state index in [9.17, 15) is 0 Å². The number of likely N-dealkylation sites (tertiary alicyclic amines) is 1. The van der Waals surface area contributed by atoms with E-state index in [4.69, 9.17) is 14.5 Å². The highest BCUT2D eigenvalue weighted by atomic mass is 16.5. The molecule has 0 N–H and O–H groups in total. The van der Waals surface area contributed by atoms with Crippen LogP contribution in [-0.4, -0.2) is 29.8 Å². The number of aryl methyl sites for hydroxylation is 2. The molecule has 0 atom stereocenters. The summed E-state index contributed by atoms with van der Waals surface area (Å²) in [7, 11) is 0. The van der Waals surface area contributed by atoms with Gasteiger partial charge in [0, 0.05) is 17.5 Å². The summed E-state index contributed by atoms with van der Waals surface area (Å²) in [5, 5.41) is 14.6. The second-order valence-corrected chi connectivity index (χ2v) is 9.52. The summed E-state index contributed by atoms with van der Waals surface area (Å²) in [5.74, 6) is 2.40. The van der Waals surface area contributed by atoms with Crippen LogP contribution in [-0.2, 0) is 13.0 Å². The van der Waals surface area contributed by atoms with Gasteiger partial charge in [0.25, 0.3) is 0 Å². The van der Waals surface area contributed by atoms with Gasteiger partial charge in [0.2, 0.25) is 0 Å². The highest BCUT2D eigenvalue weighted by Crippen LogP contribution is 2.34. The van der Waals surface area contributed by atoms with Gasteiger partial charge in [0.1, 0.15) is 5.75 Å². The summed E-state index contributed by atoms with van der Waals surface area (Å²) in [6.07, 6.45) is 7.13. The largest absolute Gasteiger partial charge is 0.493 e. The van der Waals surface area contributed by atoms with E-state index < -0.39 is 0 Å². The van der Waals surface area contributed by atoms with Crippen LogP contribution in [0.25, 0.3) is 11.0 Å². The summed E-state index contributed by atoms with van der Waals surface area (Å²) < 4.78 is 11.7. The van der Waals surface area contributed by atoms with Gasteiger partial charge in [0.05, 0.1) is 23.9 Å². The van der Waals surface area contributed by atoms with Gasteiger partial charge in [0.15, 0.2) is 5.58 Å². The van der Waals surface area contributed by atoms with Crippen LogP contribution < -0.4 is 4.74 Å². The van der Waals surface area contributed by atoms with Gasteiger partial charge in [-0.15, -0.1) is 0 Å². The summed E-state index contributed by atoms with van der Waals surface area (Å²) >= 11 is 0. The van der Waals surface area contributed by atoms with Crippen molar-refractivity contribution in [1.29, 1.82) is 5.26 Å². The molecule has 2 aromatic carbocycles. The second-order valence-electron chi connectivity index (χ2n) is 9.52. The van der Waals surface area contributed by atoms with Crippen molar-refractivity contribution < 1.29 is 9.26 Å². The molecule has 5 heteroatoms. The normalized spacial score (nSPS) is 17.5. The van der Waals surface area contributed by atoms with E-state index in [1.165, 1.54) is 31.2 Å². The Hall–Kier alpha value is -2.84. The van der Waals surface area contributed by atoms with Gasteiger partial charge >= 0.3 is 0 Å². The van der Waals surface area contributed by atoms with E-state index in [1.54, 1.807) is 0 Å². The molecular weight excluding hydrogens is 398 g/mol. The van der Waals surface area contributed by atoms with Crippen molar-refractivity contribution in [3.05, 3.63) is 58.8 Å². The fraction of sp³-hybridized carbons (Fsp3) is 0.481. The Morgan fingerprint density at radius 3 is 2.75 bits per heavy atom. The number of piperidine rings is 1. The maximum absolute atomic E-state index is 9.10. The first-order valence-corrected chi connectivity index (χ1v) is 11.9. The molecule has 1 aromatic heterocycles. The average Bonchev–Trinajstić information content (AvgIpc) is 3.56. The Morgan fingerprint density at radius 1 is 1.12 bits per heavy atom. The number of hydrogen-bond donors (Lipinski definition) is 0. The Labute approximate surface area is 189 Å². The topological polar surface area (TPSA) is 62.3 Å². The molecular formula is C27H31N3O2. The molecule has 0 spiro atoms. The summed E-state index contributed by atoms with van der Waals surface area (Å²) in [6.45, 7) is 6.04. The van der Waals surface area contributed by atoms with E-state index in [-0.39, 0.29) is 0 Å². The average molecular weight is 430 g/mol. The van der Waals surface area contributed by atoms with E-state index in [2.05, 4.69) is 41.2 Å². The minimum absolute atomic E-state index is 0.727. The number of nitriles is 1. The van der Waals surface area contributed by atoms with Crippen molar-refractivity contribution in [3.8, 4) is 11.8 Å². The Morgan fingerprint density at radius 2 is 1.97 bits per heavy atom. The van der Waals surface area contributed by atoms with Crippen molar-refractivity contribution in [1.82, 2.24) is 10.1 Å². The molecule has 0 unspecified atom stereocenters.